The van der Waals surface area contributed by atoms with Crippen LogP contribution in [0.4, 0.5) is 19.0 Å². The lowest BCUT2D eigenvalue weighted by Crippen LogP contribution is -2.43. The van der Waals surface area contributed by atoms with Gasteiger partial charge in [0.2, 0.25) is 0 Å². The molecule has 222 valence electrons. The molecule has 0 radical (unpaired) electrons. The van der Waals surface area contributed by atoms with Gasteiger partial charge in [0.05, 0.1) is 16.5 Å². The number of pyridine rings is 1. The second-order valence-corrected chi connectivity index (χ2v) is 12.4. The fourth-order valence-electron chi connectivity index (χ4n) is 7.07. The molecule has 1 N–H and O–H groups in total. The number of benzene rings is 2. The van der Waals surface area contributed by atoms with Gasteiger partial charge in [-0.05, 0) is 55.3 Å². The molecule has 3 unspecified atom stereocenters. The van der Waals surface area contributed by atoms with Crippen molar-refractivity contribution in [2.75, 3.05) is 43.0 Å². The highest BCUT2D eigenvalue weighted by Gasteiger charge is 2.49. The summed E-state index contributed by atoms with van der Waals surface area (Å²) in [6.45, 7) is 2.83. The third-order valence-electron chi connectivity index (χ3n) is 9.13. The molecule has 3 saturated heterocycles. The number of nitrogens with zero attached hydrogens (tertiary/aromatic N) is 5. The summed E-state index contributed by atoms with van der Waals surface area (Å²) in [4.78, 5) is 17.9. The molecule has 4 aromatic rings. The van der Waals surface area contributed by atoms with Crippen LogP contribution in [0.3, 0.4) is 0 Å². The van der Waals surface area contributed by atoms with Gasteiger partial charge in [-0.2, -0.15) is 9.97 Å². The lowest BCUT2D eigenvalue weighted by Gasteiger charge is -2.31. The van der Waals surface area contributed by atoms with Crippen LogP contribution < -0.4 is 9.64 Å². The third-order valence-corrected chi connectivity index (χ3v) is 10.0. The fraction of sp³-hybridized carbons (Fsp3) is 0.406. The summed E-state index contributed by atoms with van der Waals surface area (Å²) in [5.41, 5.74) is -0.488. The average molecular weight is 653 g/mol. The standard InChI is InChI=1S/C32H29BrF3N5O2/c1-2-22-25(35)5-4-19-10-21(42)11-23(26(19)22)28-27(36)29-24(14-37-28)30(40-9-6-18(13-33)15-40)39-31(38-29)43-17-32-7-3-8-41(32)16-20(34)12-32/h1,4-5,10-11,14,18,20,42H,3,6-9,12-13,15-17H2. The Hall–Kier alpha value is -3.62. The fourth-order valence-corrected chi connectivity index (χ4v) is 7.59. The van der Waals surface area contributed by atoms with Gasteiger partial charge in [-0.25, -0.2) is 13.2 Å². The van der Waals surface area contributed by atoms with Crippen molar-refractivity contribution in [3.63, 3.8) is 0 Å². The normalized spacial score (nSPS) is 23.7. The number of fused-ring (bicyclic) bond motifs is 3. The van der Waals surface area contributed by atoms with Crippen molar-refractivity contribution >= 4 is 43.4 Å². The number of alkyl halides is 2. The van der Waals surface area contributed by atoms with Gasteiger partial charge in [0.15, 0.2) is 5.82 Å². The number of hydrogen-bond donors (Lipinski definition) is 1. The summed E-state index contributed by atoms with van der Waals surface area (Å²) < 4.78 is 51.9. The molecule has 43 heavy (non-hydrogen) atoms. The Morgan fingerprint density at radius 1 is 1.19 bits per heavy atom. The molecular formula is C32H29BrF3N5O2. The summed E-state index contributed by atoms with van der Waals surface area (Å²) in [7, 11) is 0. The number of terminal acetylenes is 1. The van der Waals surface area contributed by atoms with Crippen LogP contribution in [0.5, 0.6) is 11.8 Å². The summed E-state index contributed by atoms with van der Waals surface area (Å²) in [6.07, 6.45) is 9.34. The highest BCUT2D eigenvalue weighted by Crippen LogP contribution is 2.42. The van der Waals surface area contributed by atoms with E-state index in [1.165, 1.54) is 30.5 Å². The number of phenols is 1. The van der Waals surface area contributed by atoms with Crippen molar-refractivity contribution in [1.82, 2.24) is 19.9 Å². The summed E-state index contributed by atoms with van der Waals surface area (Å²) in [5.74, 6) is 1.71. The van der Waals surface area contributed by atoms with Crippen LogP contribution in [0, 0.1) is 29.9 Å². The van der Waals surface area contributed by atoms with E-state index in [1.807, 2.05) is 0 Å². The predicted molar refractivity (Wildman–Crippen MR) is 162 cm³/mol. The van der Waals surface area contributed by atoms with Crippen LogP contribution in [0.2, 0.25) is 0 Å². The monoisotopic (exact) mass is 651 g/mol. The Morgan fingerprint density at radius 2 is 2.05 bits per heavy atom. The molecule has 7 rings (SSSR count). The molecule has 2 aromatic heterocycles. The van der Waals surface area contributed by atoms with Crippen LogP contribution in [-0.2, 0) is 0 Å². The largest absolute Gasteiger partial charge is 0.508 e. The second kappa shape index (κ2) is 10.8. The minimum absolute atomic E-state index is 0.000464. The quantitative estimate of drug-likeness (QED) is 0.203. The zero-order valence-corrected chi connectivity index (χ0v) is 24.9. The molecule has 0 saturated carbocycles. The molecule has 0 amide bonds. The molecule has 7 nitrogen and oxygen atoms in total. The lowest BCUT2D eigenvalue weighted by molar-refractivity contribution is 0.107. The highest BCUT2D eigenvalue weighted by molar-refractivity contribution is 9.09. The predicted octanol–water partition coefficient (Wildman–Crippen LogP) is 5.99. The number of halogens is 4. The first-order valence-corrected chi connectivity index (χ1v) is 15.5. The van der Waals surface area contributed by atoms with E-state index in [0.717, 1.165) is 31.1 Å². The Kier molecular flexibility index (Phi) is 7.09. The Labute approximate surface area is 255 Å². The zero-order chi connectivity index (χ0) is 29.9. The van der Waals surface area contributed by atoms with E-state index in [0.29, 0.717) is 48.6 Å². The maximum atomic E-state index is 16.6. The van der Waals surface area contributed by atoms with E-state index < -0.39 is 23.3 Å². The average Bonchev–Trinajstić information content (AvgIpc) is 3.70. The number of aromatic nitrogens is 3. The van der Waals surface area contributed by atoms with Crippen molar-refractivity contribution in [1.29, 1.82) is 0 Å². The number of anilines is 1. The van der Waals surface area contributed by atoms with Crippen molar-refractivity contribution < 1.29 is 23.0 Å². The van der Waals surface area contributed by atoms with Gasteiger partial charge in [0.25, 0.3) is 0 Å². The number of phenolic OH excluding ortho intramolecular Hbond substituents is 1. The molecule has 0 aliphatic carbocycles. The molecule has 3 fully saturated rings. The number of ether oxygens (including phenoxy) is 1. The van der Waals surface area contributed by atoms with Crippen molar-refractivity contribution in [2.45, 2.75) is 37.4 Å². The molecule has 5 heterocycles. The van der Waals surface area contributed by atoms with Crippen molar-refractivity contribution in [2.24, 2.45) is 5.92 Å². The first-order chi connectivity index (χ1) is 20.8. The van der Waals surface area contributed by atoms with Gasteiger partial charge < -0.3 is 14.7 Å². The molecular weight excluding hydrogens is 623 g/mol. The highest BCUT2D eigenvalue weighted by atomic mass is 79.9. The molecule has 0 bridgehead atoms. The van der Waals surface area contributed by atoms with E-state index in [2.05, 4.69) is 41.6 Å². The van der Waals surface area contributed by atoms with E-state index >= 15 is 4.39 Å². The van der Waals surface area contributed by atoms with Gasteiger partial charge in [0.1, 0.15) is 41.4 Å². The minimum Gasteiger partial charge on any atom is -0.508 e. The smallest absolute Gasteiger partial charge is 0.319 e. The van der Waals surface area contributed by atoms with Crippen molar-refractivity contribution in [3.8, 4) is 35.4 Å². The first-order valence-electron chi connectivity index (χ1n) is 14.4. The van der Waals surface area contributed by atoms with E-state index in [-0.39, 0.29) is 46.1 Å². The lowest BCUT2D eigenvalue weighted by atomic mass is 9.95. The topological polar surface area (TPSA) is 74.6 Å². The Bertz CT molecular complexity index is 1800. The van der Waals surface area contributed by atoms with Crippen molar-refractivity contribution in [3.05, 3.63) is 47.7 Å². The molecule has 3 aliphatic heterocycles. The zero-order valence-electron chi connectivity index (χ0n) is 23.3. The first kappa shape index (κ1) is 28.2. The van der Waals surface area contributed by atoms with Crippen LogP contribution in [0.1, 0.15) is 31.2 Å². The van der Waals surface area contributed by atoms with E-state index in [1.54, 1.807) is 0 Å². The minimum atomic E-state index is -0.913. The summed E-state index contributed by atoms with van der Waals surface area (Å²) in [5, 5.41) is 12.4. The van der Waals surface area contributed by atoms with Gasteiger partial charge >= 0.3 is 6.01 Å². The number of rotatable bonds is 6. The Balaban J connectivity index is 1.37. The van der Waals surface area contributed by atoms with Crippen LogP contribution in [0.15, 0.2) is 30.5 Å². The molecule has 0 spiro atoms. The molecule has 3 aliphatic rings. The summed E-state index contributed by atoms with van der Waals surface area (Å²) in [6, 6.07) is 5.45. The van der Waals surface area contributed by atoms with Crippen LogP contribution in [0.25, 0.3) is 32.9 Å². The third kappa shape index (κ3) is 4.75. The van der Waals surface area contributed by atoms with Gasteiger partial charge in [0, 0.05) is 48.5 Å². The SMILES string of the molecule is C#Cc1c(F)ccc2cc(O)cc(-c3ncc4c(N5CCC(CBr)C5)nc(OCC56CCCN5CC(F)C6)nc4c3F)c12. The molecule has 3 atom stereocenters. The van der Waals surface area contributed by atoms with Gasteiger partial charge in [-0.1, -0.05) is 27.9 Å². The van der Waals surface area contributed by atoms with Gasteiger partial charge in [-0.15, -0.1) is 6.42 Å². The molecule has 11 heteroatoms. The maximum absolute atomic E-state index is 16.6. The molecule has 2 aromatic carbocycles. The maximum Gasteiger partial charge on any atom is 0.319 e. The number of hydrogen-bond acceptors (Lipinski definition) is 7. The van der Waals surface area contributed by atoms with Crippen LogP contribution in [-0.4, -0.2) is 74.8 Å². The second-order valence-electron chi connectivity index (χ2n) is 11.8. The Morgan fingerprint density at radius 3 is 2.84 bits per heavy atom. The van der Waals surface area contributed by atoms with E-state index in [9.17, 15) is 13.9 Å². The van der Waals surface area contributed by atoms with Crippen LogP contribution >= 0.6 is 15.9 Å². The summed E-state index contributed by atoms with van der Waals surface area (Å²) >= 11 is 3.57. The van der Waals surface area contributed by atoms with E-state index in [4.69, 9.17) is 16.1 Å². The number of aromatic hydroxyl groups is 1. The van der Waals surface area contributed by atoms with Gasteiger partial charge in [-0.3, -0.25) is 9.88 Å².